The number of hydrogen-bond donors (Lipinski definition) is 2. The Hall–Kier alpha value is -2.37. The molecule has 2 rings (SSSR count). The lowest BCUT2D eigenvalue weighted by Gasteiger charge is -2.08. The third-order valence-electron chi connectivity index (χ3n) is 2.99. The van der Waals surface area contributed by atoms with Crippen molar-refractivity contribution in [1.82, 2.24) is 14.8 Å². The molecule has 106 valence electrons. The topological polar surface area (TPSA) is 80.0 Å². The van der Waals surface area contributed by atoms with Gasteiger partial charge in [-0.05, 0) is 25.0 Å². The van der Waals surface area contributed by atoms with E-state index in [1.807, 2.05) is 27.1 Å². The number of aryl methyl sites for hydroxylation is 3. The van der Waals surface area contributed by atoms with Crippen molar-refractivity contribution in [3.63, 3.8) is 0 Å². The predicted octanol–water partition coefficient (Wildman–Crippen LogP) is 2.38. The van der Waals surface area contributed by atoms with Gasteiger partial charge < -0.3 is 10.4 Å². The molecule has 0 saturated carbocycles. The number of anilines is 2. The molecule has 2 heterocycles. The van der Waals surface area contributed by atoms with Crippen molar-refractivity contribution in [3.8, 4) is 0 Å². The highest BCUT2D eigenvalue weighted by Crippen LogP contribution is 2.20. The molecule has 0 aliphatic rings. The van der Waals surface area contributed by atoms with Crippen LogP contribution in [0.1, 0.15) is 35.6 Å². The summed E-state index contributed by atoms with van der Waals surface area (Å²) in [5.74, 6) is -0.420. The summed E-state index contributed by atoms with van der Waals surface area (Å²) in [5, 5.41) is 16.6. The van der Waals surface area contributed by atoms with Crippen molar-refractivity contribution in [2.45, 2.75) is 26.7 Å². The third kappa shape index (κ3) is 2.96. The van der Waals surface area contributed by atoms with Crippen molar-refractivity contribution < 1.29 is 9.90 Å². The van der Waals surface area contributed by atoms with Crippen molar-refractivity contribution in [2.24, 2.45) is 7.05 Å². The molecule has 0 spiro atoms. The van der Waals surface area contributed by atoms with Gasteiger partial charge in [0, 0.05) is 18.9 Å². The highest BCUT2D eigenvalue weighted by molar-refractivity contribution is 5.88. The molecule has 0 saturated heterocycles. The number of rotatable bonds is 5. The van der Waals surface area contributed by atoms with Crippen LogP contribution < -0.4 is 5.32 Å². The Morgan fingerprint density at radius 1 is 1.35 bits per heavy atom. The van der Waals surface area contributed by atoms with Crippen molar-refractivity contribution >= 4 is 17.5 Å². The highest BCUT2D eigenvalue weighted by atomic mass is 16.4. The molecule has 20 heavy (non-hydrogen) atoms. The van der Waals surface area contributed by atoms with Crippen molar-refractivity contribution in [1.29, 1.82) is 0 Å². The van der Waals surface area contributed by atoms with Gasteiger partial charge in [-0.1, -0.05) is 13.8 Å². The quantitative estimate of drug-likeness (QED) is 0.875. The fraction of sp³-hybridized carbons (Fsp3) is 0.357. The van der Waals surface area contributed by atoms with Gasteiger partial charge in [0.05, 0.1) is 16.9 Å². The summed E-state index contributed by atoms with van der Waals surface area (Å²) < 4.78 is 1.73. The van der Waals surface area contributed by atoms with Gasteiger partial charge in [0.15, 0.2) is 0 Å². The zero-order valence-corrected chi connectivity index (χ0v) is 11.8. The number of carboxylic acid groups (broad SMARTS) is 1. The van der Waals surface area contributed by atoms with Gasteiger partial charge in [0.2, 0.25) is 0 Å². The van der Waals surface area contributed by atoms with Gasteiger partial charge in [0.25, 0.3) is 0 Å². The van der Waals surface area contributed by atoms with E-state index in [2.05, 4.69) is 15.4 Å². The molecule has 2 aromatic heterocycles. The van der Waals surface area contributed by atoms with Gasteiger partial charge in [-0.3, -0.25) is 4.68 Å². The molecule has 0 aliphatic carbocycles. The normalized spacial score (nSPS) is 10.6. The van der Waals surface area contributed by atoms with Crippen LogP contribution >= 0.6 is 0 Å². The van der Waals surface area contributed by atoms with E-state index in [1.54, 1.807) is 10.7 Å². The van der Waals surface area contributed by atoms with Crippen LogP contribution in [-0.2, 0) is 19.9 Å². The third-order valence-corrected chi connectivity index (χ3v) is 2.99. The number of hydrogen-bond acceptors (Lipinski definition) is 4. The molecular formula is C14H18N4O2. The van der Waals surface area contributed by atoms with E-state index in [9.17, 15) is 4.79 Å². The van der Waals surface area contributed by atoms with E-state index >= 15 is 0 Å². The first-order valence-corrected chi connectivity index (χ1v) is 6.57. The van der Waals surface area contributed by atoms with E-state index in [0.717, 1.165) is 23.5 Å². The van der Waals surface area contributed by atoms with E-state index in [0.29, 0.717) is 12.2 Å². The van der Waals surface area contributed by atoms with Crippen LogP contribution in [0.2, 0.25) is 0 Å². The van der Waals surface area contributed by atoms with Crippen LogP contribution in [-0.4, -0.2) is 25.8 Å². The summed E-state index contributed by atoms with van der Waals surface area (Å²) in [4.78, 5) is 15.5. The Morgan fingerprint density at radius 2 is 2.10 bits per heavy atom. The summed E-state index contributed by atoms with van der Waals surface area (Å²) in [6.07, 6.45) is 3.34. The minimum Gasteiger partial charge on any atom is -0.478 e. The second-order valence-electron chi connectivity index (χ2n) is 4.53. The van der Waals surface area contributed by atoms with E-state index in [-0.39, 0.29) is 5.56 Å². The Balaban J connectivity index is 2.37. The molecule has 0 amide bonds. The average Bonchev–Trinajstić information content (AvgIpc) is 2.78. The van der Waals surface area contributed by atoms with Crippen LogP contribution in [0.5, 0.6) is 0 Å². The molecule has 6 heteroatoms. The lowest BCUT2D eigenvalue weighted by molar-refractivity contribution is 0.0696. The van der Waals surface area contributed by atoms with Crippen LogP contribution in [0.4, 0.5) is 11.5 Å². The van der Waals surface area contributed by atoms with Crippen LogP contribution in [0.15, 0.2) is 18.3 Å². The summed E-state index contributed by atoms with van der Waals surface area (Å²) in [7, 11) is 1.85. The lowest BCUT2D eigenvalue weighted by Crippen LogP contribution is -2.03. The maximum absolute atomic E-state index is 11.1. The Morgan fingerprint density at radius 3 is 2.70 bits per heavy atom. The molecular weight excluding hydrogens is 256 g/mol. The number of nitrogens with zero attached hydrogens (tertiary/aromatic N) is 3. The Bertz CT molecular complexity index is 634. The van der Waals surface area contributed by atoms with E-state index < -0.39 is 5.97 Å². The minimum absolute atomic E-state index is 0.237. The summed E-state index contributed by atoms with van der Waals surface area (Å²) >= 11 is 0. The Kier molecular flexibility index (Phi) is 4.02. The number of aromatic carboxylic acids is 1. The van der Waals surface area contributed by atoms with Crippen molar-refractivity contribution in [2.75, 3.05) is 5.32 Å². The van der Waals surface area contributed by atoms with Crippen LogP contribution in [0.25, 0.3) is 0 Å². The maximum atomic E-state index is 11.1. The molecule has 2 aromatic rings. The summed E-state index contributed by atoms with van der Waals surface area (Å²) in [6, 6.07) is 3.13. The highest BCUT2D eigenvalue weighted by Gasteiger charge is 2.11. The van der Waals surface area contributed by atoms with E-state index in [4.69, 9.17) is 5.11 Å². The summed E-state index contributed by atoms with van der Waals surface area (Å²) in [5.41, 5.74) is 2.76. The number of carbonyl (C=O) groups is 1. The van der Waals surface area contributed by atoms with Crippen LogP contribution in [0, 0.1) is 0 Å². The first-order valence-electron chi connectivity index (χ1n) is 6.57. The molecule has 0 unspecified atom stereocenters. The molecule has 0 bridgehead atoms. The van der Waals surface area contributed by atoms with Gasteiger partial charge >= 0.3 is 5.97 Å². The predicted molar refractivity (Wildman–Crippen MR) is 76.4 cm³/mol. The van der Waals surface area contributed by atoms with Gasteiger partial charge in [-0.25, -0.2) is 9.78 Å². The smallest absolute Gasteiger partial charge is 0.335 e. The summed E-state index contributed by atoms with van der Waals surface area (Å²) in [6.45, 7) is 3.96. The average molecular weight is 274 g/mol. The maximum Gasteiger partial charge on any atom is 0.335 e. The number of carboxylic acids is 1. The molecule has 0 aromatic carbocycles. The zero-order chi connectivity index (χ0) is 14.7. The van der Waals surface area contributed by atoms with Crippen LogP contribution in [0.3, 0.4) is 0 Å². The van der Waals surface area contributed by atoms with Gasteiger partial charge in [0.1, 0.15) is 5.82 Å². The molecule has 0 aliphatic heterocycles. The first-order chi connectivity index (χ1) is 9.53. The van der Waals surface area contributed by atoms with Gasteiger partial charge in [-0.15, -0.1) is 0 Å². The molecule has 6 nitrogen and oxygen atoms in total. The largest absolute Gasteiger partial charge is 0.478 e. The fourth-order valence-electron chi connectivity index (χ4n) is 1.99. The van der Waals surface area contributed by atoms with Gasteiger partial charge in [-0.2, -0.15) is 5.10 Å². The SMILES string of the molecule is CCc1cc(C(=O)O)cc(Nc2cn(C)nc2CC)n1. The fourth-order valence-corrected chi connectivity index (χ4v) is 1.99. The second-order valence-corrected chi connectivity index (χ2v) is 4.53. The monoisotopic (exact) mass is 274 g/mol. The molecule has 2 N–H and O–H groups in total. The standard InChI is InChI=1S/C14H18N4O2/c1-4-10-6-9(14(19)20)7-13(15-10)16-12-8-18(3)17-11(12)5-2/h6-8H,4-5H2,1-3H3,(H,15,16)(H,19,20). The molecule has 0 fully saturated rings. The number of aromatic nitrogens is 3. The number of nitrogens with one attached hydrogen (secondary N) is 1. The van der Waals surface area contributed by atoms with E-state index in [1.165, 1.54) is 6.07 Å². The molecule has 0 atom stereocenters. The minimum atomic E-state index is -0.952. The second kappa shape index (κ2) is 5.73. The zero-order valence-electron chi connectivity index (χ0n) is 11.8. The lowest BCUT2D eigenvalue weighted by atomic mass is 10.2. The number of pyridine rings is 1. The van der Waals surface area contributed by atoms with Crippen molar-refractivity contribution in [3.05, 3.63) is 35.3 Å². The molecule has 0 radical (unpaired) electrons. The Labute approximate surface area is 117 Å². The first kappa shape index (κ1) is 14.0.